The molecule has 0 unspecified atom stereocenters. The van der Waals surface area contributed by atoms with E-state index in [9.17, 15) is 8.42 Å². The van der Waals surface area contributed by atoms with Crippen molar-refractivity contribution in [1.82, 2.24) is 0 Å². The summed E-state index contributed by atoms with van der Waals surface area (Å²) in [6.45, 7) is 5.54. The van der Waals surface area contributed by atoms with Crippen molar-refractivity contribution in [2.24, 2.45) is 0 Å². The average Bonchev–Trinajstić information content (AvgIpc) is 3.29. The molecule has 11 heteroatoms. The molecule has 0 spiro atoms. The molecule has 2 heterocycles. The van der Waals surface area contributed by atoms with Crippen LogP contribution in [0.2, 0.25) is 10.0 Å². The third kappa shape index (κ3) is 6.60. The van der Waals surface area contributed by atoms with Crippen molar-refractivity contribution in [2.75, 3.05) is 17.2 Å². The molecule has 188 valence electrons. The van der Waals surface area contributed by atoms with Crippen molar-refractivity contribution in [3.8, 4) is 0 Å². The average molecular weight is 574 g/mol. The van der Waals surface area contributed by atoms with Gasteiger partial charge in [-0.3, -0.25) is 4.55 Å². The number of thiazole rings is 1. The maximum atomic E-state index is 11.2. The summed E-state index contributed by atoms with van der Waals surface area (Å²) in [6.07, 6.45) is 5.50. The molecule has 2 N–H and O–H groups in total. The molecule has 3 aromatic rings. The zero-order valence-corrected chi connectivity index (χ0v) is 23.2. The SMILES string of the molecule is CCC(=Cc1sc2ccc(Cl)cc2[n+]1CCCS(=O)(=O)O)C=C1Sc2ccc(Cl)cc2N1CC.[OH-]. The number of rotatable bonds is 8. The number of halogens is 2. The molecular weight excluding hydrogens is 547 g/mol. The van der Waals surface area contributed by atoms with Gasteiger partial charge in [-0.1, -0.05) is 53.2 Å². The first-order chi connectivity index (χ1) is 16.2. The van der Waals surface area contributed by atoms with Gasteiger partial charge < -0.3 is 10.4 Å². The molecule has 0 fully saturated rings. The smallest absolute Gasteiger partial charge is 0.265 e. The molecule has 0 amide bonds. The highest BCUT2D eigenvalue weighted by molar-refractivity contribution is 8.03. The second kappa shape index (κ2) is 11.6. The van der Waals surface area contributed by atoms with Gasteiger partial charge in [0.15, 0.2) is 6.54 Å². The quantitative estimate of drug-likeness (QED) is 0.234. The summed E-state index contributed by atoms with van der Waals surface area (Å²) in [4.78, 5) is 3.45. The van der Waals surface area contributed by atoms with Crippen molar-refractivity contribution in [2.45, 2.75) is 38.1 Å². The van der Waals surface area contributed by atoms with Gasteiger partial charge in [0.1, 0.15) is 4.70 Å². The van der Waals surface area contributed by atoms with E-state index in [2.05, 4.69) is 41.5 Å². The summed E-state index contributed by atoms with van der Waals surface area (Å²) in [6, 6.07) is 11.7. The Balaban J connectivity index is 0.00000342. The van der Waals surface area contributed by atoms with Crippen LogP contribution in [0.25, 0.3) is 16.3 Å². The van der Waals surface area contributed by atoms with Crippen molar-refractivity contribution < 1.29 is 23.0 Å². The Morgan fingerprint density at radius 1 is 1.14 bits per heavy atom. The van der Waals surface area contributed by atoms with Gasteiger partial charge in [-0.25, -0.2) is 0 Å². The van der Waals surface area contributed by atoms with Crippen molar-refractivity contribution in [3.05, 3.63) is 68.1 Å². The number of fused-ring (bicyclic) bond motifs is 2. The third-order valence-corrected chi connectivity index (χ3v) is 9.01. The first kappa shape index (κ1) is 28.0. The molecule has 1 aliphatic rings. The Kier molecular flexibility index (Phi) is 9.31. The molecule has 0 saturated carbocycles. The van der Waals surface area contributed by atoms with Crippen LogP contribution in [0.3, 0.4) is 0 Å². The van der Waals surface area contributed by atoms with Gasteiger partial charge in [-0.05, 0) is 55.3 Å². The first-order valence-corrected chi connectivity index (χ1v) is 14.9. The van der Waals surface area contributed by atoms with Crippen molar-refractivity contribution in [1.29, 1.82) is 0 Å². The molecule has 35 heavy (non-hydrogen) atoms. The zero-order valence-electron chi connectivity index (χ0n) is 19.2. The number of hydrogen-bond donors (Lipinski definition) is 1. The van der Waals surface area contributed by atoms with E-state index in [4.69, 9.17) is 27.8 Å². The predicted octanol–water partition coefficient (Wildman–Crippen LogP) is 6.86. The molecule has 1 aliphatic heterocycles. The van der Waals surface area contributed by atoms with Gasteiger partial charge in [0.2, 0.25) is 5.52 Å². The molecule has 1 aromatic heterocycles. The number of thioether (sulfide) groups is 1. The Morgan fingerprint density at radius 3 is 2.54 bits per heavy atom. The van der Waals surface area contributed by atoms with E-state index >= 15 is 0 Å². The van der Waals surface area contributed by atoms with Crippen LogP contribution in [0.1, 0.15) is 31.7 Å². The summed E-state index contributed by atoms with van der Waals surface area (Å²) >= 11 is 15.9. The Labute approximate surface area is 223 Å². The lowest BCUT2D eigenvalue weighted by Gasteiger charge is -2.18. The number of nitrogens with zero attached hydrogens (tertiary/aromatic N) is 2. The number of allylic oxidation sites excluding steroid dienone is 2. The van der Waals surface area contributed by atoms with Crippen molar-refractivity contribution in [3.63, 3.8) is 0 Å². The van der Waals surface area contributed by atoms with E-state index in [1.54, 1.807) is 23.1 Å². The first-order valence-electron chi connectivity index (χ1n) is 10.9. The minimum atomic E-state index is -4.01. The summed E-state index contributed by atoms with van der Waals surface area (Å²) in [5.74, 6) is -0.283. The van der Waals surface area contributed by atoms with E-state index in [0.29, 0.717) is 18.0 Å². The molecule has 0 radical (unpaired) electrons. The maximum absolute atomic E-state index is 11.2. The molecule has 0 saturated heterocycles. The van der Waals surface area contributed by atoms with Gasteiger partial charge in [-0.2, -0.15) is 13.0 Å². The van der Waals surface area contributed by atoms with Crippen LogP contribution in [0.4, 0.5) is 5.69 Å². The van der Waals surface area contributed by atoms with Crippen LogP contribution in [0, 0.1) is 0 Å². The summed E-state index contributed by atoms with van der Waals surface area (Å²) in [5, 5.41) is 3.50. The number of benzene rings is 2. The number of hydrogen-bond acceptors (Lipinski definition) is 6. The normalized spacial score (nSPS) is 15.1. The van der Waals surface area contributed by atoms with Crippen LogP contribution >= 0.6 is 46.3 Å². The predicted molar refractivity (Wildman–Crippen MR) is 147 cm³/mol. The minimum Gasteiger partial charge on any atom is -0.870 e. The van der Waals surface area contributed by atoms with E-state index in [-0.39, 0.29) is 11.2 Å². The Hall–Kier alpha value is -1.59. The highest BCUT2D eigenvalue weighted by Gasteiger charge is 2.25. The molecule has 0 atom stereocenters. The van der Waals surface area contributed by atoms with Gasteiger partial charge in [-0.15, -0.1) is 0 Å². The van der Waals surface area contributed by atoms with Gasteiger partial charge >= 0.3 is 0 Å². The number of aromatic nitrogens is 1. The molecule has 0 bridgehead atoms. The highest BCUT2D eigenvalue weighted by atomic mass is 35.5. The van der Waals surface area contributed by atoms with E-state index in [1.807, 2.05) is 30.3 Å². The lowest BCUT2D eigenvalue weighted by Crippen LogP contribution is -2.36. The number of aryl methyl sites for hydroxylation is 1. The second-order valence-electron chi connectivity index (χ2n) is 7.86. The fraction of sp³-hybridized carbons (Fsp3) is 0.292. The van der Waals surface area contributed by atoms with Crippen LogP contribution < -0.4 is 9.47 Å². The molecule has 4 rings (SSSR count). The molecule has 6 nitrogen and oxygen atoms in total. The summed E-state index contributed by atoms with van der Waals surface area (Å²) < 4.78 is 34.8. The van der Waals surface area contributed by atoms with Crippen molar-refractivity contribution >= 4 is 78.4 Å². The van der Waals surface area contributed by atoms with Crippen LogP contribution in [0.15, 0.2) is 58.0 Å². The second-order valence-corrected chi connectivity index (χ2v) is 12.4. The van der Waals surface area contributed by atoms with Crippen LogP contribution in [0.5, 0.6) is 0 Å². The zero-order chi connectivity index (χ0) is 24.5. The van der Waals surface area contributed by atoms with Crippen LogP contribution in [-0.2, 0) is 16.7 Å². The van der Waals surface area contributed by atoms with E-state index in [1.165, 1.54) is 4.90 Å². The summed E-state index contributed by atoms with van der Waals surface area (Å²) in [7, 11) is -4.01. The van der Waals surface area contributed by atoms with Gasteiger partial charge in [0, 0.05) is 40.0 Å². The molecule has 2 aromatic carbocycles. The Morgan fingerprint density at radius 2 is 1.86 bits per heavy atom. The largest absolute Gasteiger partial charge is 0.870 e. The van der Waals surface area contributed by atoms with Gasteiger partial charge in [0.05, 0.1) is 16.5 Å². The van der Waals surface area contributed by atoms with Crippen LogP contribution in [-0.4, -0.2) is 30.7 Å². The monoisotopic (exact) mass is 572 g/mol. The maximum Gasteiger partial charge on any atom is 0.265 e. The lowest BCUT2D eigenvalue weighted by atomic mass is 10.2. The summed E-state index contributed by atoms with van der Waals surface area (Å²) in [5.41, 5.74) is 3.23. The molecule has 0 aliphatic carbocycles. The third-order valence-electron chi connectivity index (χ3n) is 5.51. The fourth-order valence-electron chi connectivity index (χ4n) is 3.89. The standard InChI is InChI=1S/C24H24Cl2N2O3S3.H2O/c1-3-16(12-23-27(4-2)19-14-17(25)6-8-21(19)32-23)13-24-28(10-5-11-34(29,30)31)20-15-18(26)7-9-22(20)33-24;/h6-9,12-15H,3-5,10-11H2,1-2H3;1H2. The molecular formula is C24H26Cl2N2O4S3. The Bertz CT molecular complexity index is 1400. The van der Waals surface area contributed by atoms with Gasteiger partial charge in [0.25, 0.3) is 15.1 Å². The topological polar surface area (TPSA) is 91.5 Å². The van der Waals surface area contributed by atoms with E-state index in [0.717, 1.165) is 49.5 Å². The highest BCUT2D eigenvalue weighted by Crippen LogP contribution is 2.47. The van der Waals surface area contributed by atoms with E-state index < -0.39 is 10.1 Å². The fourth-order valence-corrected chi connectivity index (χ4v) is 7.04. The minimum absolute atomic E-state index is 0. The lowest BCUT2D eigenvalue weighted by molar-refractivity contribution is -0.668. The number of anilines is 1.